The van der Waals surface area contributed by atoms with Crippen LogP contribution in [0.15, 0.2) is 23.3 Å². The van der Waals surface area contributed by atoms with Gasteiger partial charge in [-0.2, -0.15) is 0 Å². The number of nitrogens with zero attached hydrogens (tertiary/aromatic N) is 4. The number of carbonyl (C=O) groups excluding carboxylic acids is 1. The van der Waals surface area contributed by atoms with Crippen molar-refractivity contribution in [2.45, 2.75) is 13.0 Å². The van der Waals surface area contributed by atoms with E-state index in [1.54, 1.807) is 17.0 Å². The van der Waals surface area contributed by atoms with E-state index in [2.05, 4.69) is 10.0 Å². The minimum atomic E-state index is -0.490. The maximum absolute atomic E-state index is 13.7. The minimum absolute atomic E-state index is 0.00523. The van der Waals surface area contributed by atoms with Gasteiger partial charge in [-0.1, -0.05) is 28.8 Å². The van der Waals surface area contributed by atoms with Crippen molar-refractivity contribution in [3.63, 3.8) is 0 Å². The van der Waals surface area contributed by atoms with E-state index in [4.69, 9.17) is 17.1 Å². The summed E-state index contributed by atoms with van der Waals surface area (Å²) in [4.78, 5) is 16.0. The molecule has 0 radical (unpaired) electrons. The fraction of sp³-hybridized carbons (Fsp3) is 0.417. The van der Waals surface area contributed by atoms with E-state index in [0.29, 0.717) is 18.5 Å². The van der Waals surface area contributed by atoms with E-state index < -0.39 is 5.82 Å². The number of azide groups is 1. The molecule has 1 fully saturated rings. The summed E-state index contributed by atoms with van der Waals surface area (Å²) in [6.45, 7) is 0.957. The molecule has 100 valence electrons. The van der Waals surface area contributed by atoms with Crippen LogP contribution in [-0.4, -0.2) is 23.9 Å². The normalized spacial score (nSPS) is 18.5. The van der Waals surface area contributed by atoms with Gasteiger partial charge in [0.1, 0.15) is 5.82 Å². The van der Waals surface area contributed by atoms with E-state index in [-0.39, 0.29) is 29.9 Å². The van der Waals surface area contributed by atoms with Gasteiger partial charge in [-0.05, 0) is 17.5 Å². The van der Waals surface area contributed by atoms with Crippen LogP contribution < -0.4 is 0 Å². The van der Waals surface area contributed by atoms with E-state index in [1.165, 1.54) is 6.07 Å². The zero-order valence-corrected chi connectivity index (χ0v) is 10.8. The zero-order chi connectivity index (χ0) is 13.8. The van der Waals surface area contributed by atoms with Gasteiger partial charge in [-0.3, -0.25) is 4.79 Å². The van der Waals surface area contributed by atoms with Gasteiger partial charge in [0, 0.05) is 36.5 Å². The molecule has 1 aliphatic heterocycles. The molecule has 7 heteroatoms. The molecule has 1 saturated heterocycles. The molecular weight excluding hydrogens is 271 g/mol. The third-order valence-corrected chi connectivity index (χ3v) is 3.38. The van der Waals surface area contributed by atoms with Crippen molar-refractivity contribution in [3.05, 3.63) is 45.0 Å². The first-order valence-electron chi connectivity index (χ1n) is 5.83. The Morgan fingerprint density at radius 1 is 1.58 bits per heavy atom. The zero-order valence-electron chi connectivity index (χ0n) is 10.1. The van der Waals surface area contributed by atoms with E-state index >= 15 is 0 Å². The molecule has 1 aliphatic rings. The molecular formula is C12H12ClFN4O. The molecule has 5 nitrogen and oxygen atoms in total. The predicted octanol–water partition coefficient (Wildman–Crippen LogP) is 3.14. The van der Waals surface area contributed by atoms with Crippen LogP contribution in [0.3, 0.4) is 0 Å². The number of halogens is 2. The Morgan fingerprint density at radius 3 is 3.11 bits per heavy atom. The topological polar surface area (TPSA) is 69.1 Å². The first-order valence-corrected chi connectivity index (χ1v) is 6.21. The number of likely N-dealkylation sites (tertiary alicyclic amines) is 1. The SMILES string of the molecule is [N-]=[N+]=NCC1CC(=O)N(Cc2cccc(Cl)c2F)C1. The number of amides is 1. The molecule has 1 heterocycles. The second kappa shape index (κ2) is 5.91. The maximum Gasteiger partial charge on any atom is 0.223 e. The first kappa shape index (κ1) is 13.6. The average molecular weight is 283 g/mol. The molecule has 0 saturated carbocycles. The standard InChI is InChI=1S/C12H12ClFN4O/c13-10-3-1-2-9(12(10)14)7-18-6-8(4-11(18)19)5-16-17-15/h1-3,8H,4-7H2. The summed E-state index contributed by atoms with van der Waals surface area (Å²) in [7, 11) is 0. The summed E-state index contributed by atoms with van der Waals surface area (Å²) < 4.78 is 13.7. The van der Waals surface area contributed by atoms with Crippen molar-refractivity contribution in [2.24, 2.45) is 11.0 Å². The minimum Gasteiger partial charge on any atom is -0.338 e. The Bertz CT molecular complexity index is 545. The van der Waals surface area contributed by atoms with Gasteiger partial charge >= 0.3 is 0 Å². The van der Waals surface area contributed by atoms with E-state index in [0.717, 1.165) is 0 Å². The van der Waals surface area contributed by atoms with Gasteiger partial charge in [0.05, 0.1) is 5.02 Å². The third-order valence-electron chi connectivity index (χ3n) is 3.09. The Balaban J connectivity index is 2.05. The molecule has 19 heavy (non-hydrogen) atoms. The summed E-state index contributed by atoms with van der Waals surface area (Å²) in [5.74, 6) is -0.543. The molecule has 0 N–H and O–H groups in total. The second-order valence-corrected chi connectivity index (χ2v) is 4.88. The number of hydrogen-bond acceptors (Lipinski definition) is 2. The molecule has 1 aromatic rings. The average Bonchev–Trinajstić information content (AvgIpc) is 2.73. The fourth-order valence-electron chi connectivity index (χ4n) is 2.16. The molecule has 0 aromatic heterocycles. The molecule has 0 aliphatic carbocycles. The first-order chi connectivity index (χ1) is 9.11. The lowest BCUT2D eigenvalue weighted by atomic mass is 10.1. The number of rotatable bonds is 4. The monoisotopic (exact) mass is 282 g/mol. The summed E-state index contributed by atoms with van der Waals surface area (Å²) in [6, 6.07) is 4.73. The van der Waals surface area contributed by atoms with Crippen LogP contribution in [0.5, 0.6) is 0 Å². The molecule has 1 amide bonds. The number of carbonyl (C=O) groups is 1. The van der Waals surface area contributed by atoms with E-state index in [1.807, 2.05) is 0 Å². The Kier molecular flexibility index (Phi) is 4.24. The summed E-state index contributed by atoms with van der Waals surface area (Å²) in [5.41, 5.74) is 8.65. The van der Waals surface area contributed by atoms with Crippen LogP contribution in [0.25, 0.3) is 10.4 Å². The summed E-state index contributed by atoms with van der Waals surface area (Å²) in [5, 5.41) is 3.52. The predicted molar refractivity (Wildman–Crippen MR) is 68.9 cm³/mol. The van der Waals surface area contributed by atoms with Crippen LogP contribution in [0, 0.1) is 11.7 Å². The third kappa shape index (κ3) is 3.16. The Morgan fingerprint density at radius 2 is 2.37 bits per heavy atom. The van der Waals surface area contributed by atoms with Gasteiger partial charge < -0.3 is 4.90 Å². The lowest BCUT2D eigenvalue weighted by Crippen LogP contribution is -2.25. The number of hydrogen-bond donors (Lipinski definition) is 0. The van der Waals surface area contributed by atoms with Crippen LogP contribution in [0.1, 0.15) is 12.0 Å². The smallest absolute Gasteiger partial charge is 0.223 e. The van der Waals surface area contributed by atoms with E-state index in [9.17, 15) is 9.18 Å². The van der Waals surface area contributed by atoms with Gasteiger partial charge in [-0.25, -0.2) is 4.39 Å². The molecule has 1 atom stereocenters. The maximum atomic E-state index is 13.7. The van der Waals surface area contributed by atoms with Crippen molar-refractivity contribution in [3.8, 4) is 0 Å². The van der Waals surface area contributed by atoms with Crippen LogP contribution in [0.4, 0.5) is 4.39 Å². The summed E-state index contributed by atoms with van der Waals surface area (Å²) >= 11 is 5.70. The molecule has 1 aromatic carbocycles. The molecule has 2 rings (SSSR count). The van der Waals surface area contributed by atoms with Crippen LogP contribution in [-0.2, 0) is 11.3 Å². The Labute approximate surface area is 114 Å². The van der Waals surface area contributed by atoms with Crippen molar-refractivity contribution in [2.75, 3.05) is 13.1 Å². The van der Waals surface area contributed by atoms with Gasteiger partial charge in [-0.15, -0.1) is 0 Å². The van der Waals surface area contributed by atoms with Gasteiger partial charge in [0.25, 0.3) is 0 Å². The van der Waals surface area contributed by atoms with Crippen LogP contribution in [0.2, 0.25) is 5.02 Å². The quantitative estimate of drug-likeness (QED) is 0.475. The van der Waals surface area contributed by atoms with Crippen molar-refractivity contribution in [1.29, 1.82) is 0 Å². The lowest BCUT2D eigenvalue weighted by molar-refractivity contribution is -0.128. The highest BCUT2D eigenvalue weighted by Crippen LogP contribution is 2.24. The lowest BCUT2D eigenvalue weighted by Gasteiger charge is -2.17. The molecule has 0 bridgehead atoms. The highest BCUT2D eigenvalue weighted by Gasteiger charge is 2.29. The highest BCUT2D eigenvalue weighted by molar-refractivity contribution is 6.30. The van der Waals surface area contributed by atoms with Crippen molar-refractivity contribution in [1.82, 2.24) is 4.90 Å². The summed E-state index contributed by atoms with van der Waals surface area (Å²) in [6.07, 6.45) is 0.335. The molecule has 1 unspecified atom stereocenters. The molecule has 0 spiro atoms. The van der Waals surface area contributed by atoms with Gasteiger partial charge in [0.2, 0.25) is 5.91 Å². The second-order valence-electron chi connectivity index (χ2n) is 4.47. The Hall–Kier alpha value is -1.78. The van der Waals surface area contributed by atoms with Crippen molar-refractivity contribution < 1.29 is 9.18 Å². The van der Waals surface area contributed by atoms with Crippen molar-refractivity contribution >= 4 is 17.5 Å². The fourth-order valence-corrected chi connectivity index (χ4v) is 2.35. The largest absolute Gasteiger partial charge is 0.338 e. The van der Waals surface area contributed by atoms with Crippen LogP contribution >= 0.6 is 11.6 Å². The number of benzene rings is 1. The highest BCUT2D eigenvalue weighted by atomic mass is 35.5. The van der Waals surface area contributed by atoms with Gasteiger partial charge in [0.15, 0.2) is 0 Å².